The summed E-state index contributed by atoms with van der Waals surface area (Å²) in [6, 6.07) is 14.1. The fourth-order valence-electron chi connectivity index (χ4n) is 3.54. The van der Waals surface area contributed by atoms with Crippen LogP contribution < -0.4 is 10.2 Å². The molecule has 1 saturated heterocycles. The van der Waals surface area contributed by atoms with E-state index in [0.29, 0.717) is 12.1 Å². The first-order valence-electron chi connectivity index (χ1n) is 10.6. The molecule has 2 aromatic rings. The van der Waals surface area contributed by atoms with Gasteiger partial charge in [-0.3, -0.25) is 4.79 Å². The van der Waals surface area contributed by atoms with Gasteiger partial charge in [-0.25, -0.2) is 8.42 Å². The molecule has 0 aliphatic carbocycles. The number of benzene rings is 2. The average Bonchev–Trinajstić information content (AvgIpc) is 2.77. The van der Waals surface area contributed by atoms with Gasteiger partial charge in [0.2, 0.25) is 10.0 Å². The van der Waals surface area contributed by atoms with Crippen LogP contribution in [0.2, 0.25) is 0 Å². The zero-order chi connectivity index (χ0) is 22.6. The Morgan fingerprint density at radius 3 is 2.42 bits per heavy atom. The van der Waals surface area contributed by atoms with E-state index >= 15 is 0 Å². The molecule has 0 saturated carbocycles. The molecule has 0 bridgehead atoms. The molecule has 3 rings (SSSR count). The van der Waals surface area contributed by atoms with E-state index in [-0.39, 0.29) is 16.8 Å². The van der Waals surface area contributed by atoms with Crippen molar-refractivity contribution in [2.24, 2.45) is 0 Å². The highest BCUT2D eigenvalue weighted by Gasteiger charge is 2.24. The number of carbonyl (C=O) groups excluding carboxylic acids is 1. The lowest BCUT2D eigenvalue weighted by Crippen LogP contribution is -2.45. The van der Waals surface area contributed by atoms with E-state index in [1.54, 1.807) is 19.2 Å². The van der Waals surface area contributed by atoms with Crippen LogP contribution in [0.3, 0.4) is 0 Å². The van der Waals surface area contributed by atoms with Crippen molar-refractivity contribution in [1.82, 2.24) is 14.5 Å². The lowest BCUT2D eigenvalue weighted by atomic mass is 10.1. The molecule has 31 heavy (non-hydrogen) atoms. The van der Waals surface area contributed by atoms with Crippen molar-refractivity contribution >= 4 is 21.6 Å². The molecule has 1 fully saturated rings. The van der Waals surface area contributed by atoms with Gasteiger partial charge in [-0.1, -0.05) is 24.3 Å². The van der Waals surface area contributed by atoms with Crippen LogP contribution in [0.25, 0.3) is 0 Å². The fourth-order valence-corrected chi connectivity index (χ4v) is 4.95. The SMILES string of the molecule is CC(C)N(C)S(=O)(=O)c1cccc(C(=O)NCc2ccccc2N2CCN(C)CC2)c1. The minimum Gasteiger partial charge on any atom is -0.369 e. The molecule has 0 atom stereocenters. The van der Waals surface area contributed by atoms with Crippen molar-refractivity contribution in [2.75, 3.05) is 45.2 Å². The summed E-state index contributed by atoms with van der Waals surface area (Å²) in [6.45, 7) is 7.91. The highest BCUT2D eigenvalue weighted by Crippen LogP contribution is 2.22. The van der Waals surface area contributed by atoms with Gasteiger partial charge < -0.3 is 15.1 Å². The zero-order valence-electron chi connectivity index (χ0n) is 18.7. The number of carbonyl (C=O) groups is 1. The number of sulfonamides is 1. The molecule has 1 heterocycles. The Balaban J connectivity index is 1.73. The monoisotopic (exact) mass is 444 g/mol. The molecule has 1 aliphatic rings. The molecular weight excluding hydrogens is 412 g/mol. The summed E-state index contributed by atoms with van der Waals surface area (Å²) in [5.74, 6) is -0.294. The summed E-state index contributed by atoms with van der Waals surface area (Å²) in [4.78, 5) is 17.6. The van der Waals surface area contributed by atoms with E-state index in [0.717, 1.165) is 37.4 Å². The van der Waals surface area contributed by atoms with Crippen molar-refractivity contribution in [3.8, 4) is 0 Å². The lowest BCUT2D eigenvalue weighted by molar-refractivity contribution is 0.0950. The van der Waals surface area contributed by atoms with Crippen molar-refractivity contribution < 1.29 is 13.2 Å². The molecule has 1 aliphatic heterocycles. The van der Waals surface area contributed by atoms with Crippen LogP contribution in [0.1, 0.15) is 29.8 Å². The van der Waals surface area contributed by atoms with Gasteiger partial charge in [0.1, 0.15) is 0 Å². The summed E-state index contributed by atoms with van der Waals surface area (Å²) < 4.78 is 26.8. The molecule has 168 valence electrons. The van der Waals surface area contributed by atoms with Crippen molar-refractivity contribution in [1.29, 1.82) is 0 Å². The Morgan fingerprint density at radius 2 is 1.74 bits per heavy atom. The summed E-state index contributed by atoms with van der Waals surface area (Å²) in [7, 11) is 0.0210. The molecule has 0 aromatic heterocycles. The van der Waals surface area contributed by atoms with Crippen LogP contribution in [-0.4, -0.2) is 69.8 Å². The van der Waals surface area contributed by atoms with Gasteiger partial charge in [0, 0.05) is 57.1 Å². The first-order chi connectivity index (χ1) is 14.7. The smallest absolute Gasteiger partial charge is 0.251 e. The first kappa shape index (κ1) is 23.2. The summed E-state index contributed by atoms with van der Waals surface area (Å²) >= 11 is 0. The van der Waals surface area contributed by atoms with E-state index in [2.05, 4.69) is 28.2 Å². The Kier molecular flexibility index (Phi) is 7.35. The van der Waals surface area contributed by atoms with Crippen molar-refractivity contribution in [2.45, 2.75) is 31.3 Å². The number of para-hydroxylation sites is 1. The third kappa shape index (κ3) is 5.44. The Morgan fingerprint density at radius 1 is 1.06 bits per heavy atom. The third-order valence-electron chi connectivity index (χ3n) is 5.78. The summed E-state index contributed by atoms with van der Waals surface area (Å²) in [5, 5.41) is 2.95. The molecule has 1 N–H and O–H groups in total. The molecule has 0 radical (unpaired) electrons. The Bertz CT molecular complexity index is 1010. The van der Waals surface area contributed by atoms with E-state index in [9.17, 15) is 13.2 Å². The molecule has 2 aromatic carbocycles. The molecule has 0 unspecified atom stereocenters. The van der Waals surface area contributed by atoms with Crippen LogP contribution in [0.4, 0.5) is 5.69 Å². The minimum absolute atomic E-state index is 0.120. The van der Waals surface area contributed by atoms with E-state index < -0.39 is 10.0 Å². The van der Waals surface area contributed by atoms with Gasteiger partial charge in [-0.05, 0) is 50.7 Å². The fraction of sp³-hybridized carbons (Fsp3) is 0.435. The second kappa shape index (κ2) is 9.80. The predicted octanol–water partition coefficient (Wildman–Crippen LogP) is 2.40. The largest absolute Gasteiger partial charge is 0.369 e. The van der Waals surface area contributed by atoms with Crippen LogP contribution in [0.5, 0.6) is 0 Å². The zero-order valence-corrected chi connectivity index (χ0v) is 19.5. The standard InChI is InChI=1S/C23H32N4O3S/c1-18(2)26(4)31(29,30)21-10-7-9-19(16-21)23(28)24-17-20-8-5-6-11-22(20)27-14-12-25(3)13-15-27/h5-11,16,18H,12-15,17H2,1-4H3,(H,24,28). The van der Waals surface area contributed by atoms with Gasteiger partial charge in [0.25, 0.3) is 5.91 Å². The number of hydrogen-bond acceptors (Lipinski definition) is 5. The lowest BCUT2D eigenvalue weighted by Gasteiger charge is -2.35. The third-order valence-corrected chi connectivity index (χ3v) is 7.80. The van der Waals surface area contributed by atoms with E-state index in [1.165, 1.54) is 16.4 Å². The minimum atomic E-state index is -3.64. The number of piperazine rings is 1. The number of nitrogens with one attached hydrogen (secondary N) is 1. The maximum absolute atomic E-state index is 12.8. The maximum Gasteiger partial charge on any atom is 0.251 e. The summed E-state index contributed by atoms with van der Waals surface area (Å²) in [6.07, 6.45) is 0. The van der Waals surface area contributed by atoms with E-state index in [1.807, 2.05) is 32.0 Å². The number of likely N-dealkylation sites (N-methyl/N-ethyl adjacent to an activating group) is 1. The highest BCUT2D eigenvalue weighted by atomic mass is 32.2. The molecule has 7 nitrogen and oxygen atoms in total. The second-order valence-electron chi connectivity index (χ2n) is 8.24. The van der Waals surface area contributed by atoms with Crippen LogP contribution in [-0.2, 0) is 16.6 Å². The van der Waals surface area contributed by atoms with E-state index in [4.69, 9.17) is 0 Å². The number of rotatable bonds is 7. The predicted molar refractivity (Wildman–Crippen MR) is 124 cm³/mol. The first-order valence-corrected chi connectivity index (χ1v) is 12.0. The van der Waals surface area contributed by atoms with Gasteiger partial charge in [-0.15, -0.1) is 0 Å². The average molecular weight is 445 g/mol. The molecule has 1 amide bonds. The summed E-state index contributed by atoms with van der Waals surface area (Å²) in [5.41, 5.74) is 2.50. The topological polar surface area (TPSA) is 73.0 Å². The Hall–Kier alpha value is -2.42. The number of anilines is 1. The maximum atomic E-state index is 12.8. The van der Waals surface area contributed by atoms with Crippen LogP contribution >= 0.6 is 0 Å². The van der Waals surface area contributed by atoms with Crippen molar-refractivity contribution in [3.63, 3.8) is 0 Å². The quantitative estimate of drug-likeness (QED) is 0.710. The number of nitrogens with zero attached hydrogens (tertiary/aromatic N) is 3. The second-order valence-corrected chi connectivity index (χ2v) is 10.2. The molecular formula is C23H32N4O3S. The number of hydrogen-bond donors (Lipinski definition) is 1. The molecule has 0 spiro atoms. The normalized spacial score (nSPS) is 15.5. The van der Waals surface area contributed by atoms with Gasteiger partial charge >= 0.3 is 0 Å². The van der Waals surface area contributed by atoms with Gasteiger partial charge in [0.05, 0.1) is 4.90 Å². The van der Waals surface area contributed by atoms with Crippen LogP contribution in [0.15, 0.2) is 53.4 Å². The van der Waals surface area contributed by atoms with Gasteiger partial charge in [-0.2, -0.15) is 4.31 Å². The van der Waals surface area contributed by atoms with Crippen LogP contribution in [0, 0.1) is 0 Å². The Labute approximate surface area is 185 Å². The highest BCUT2D eigenvalue weighted by molar-refractivity contribution is 7.89. The molecule has 8 heteroatoms. The van der Waals surface area contributed by atoms with Crippen molar-refractivity contribution in [3.05, 3.63) is 59.7 Å². The number of amides is 1. The van der Waals surface area contributed by atoms with Gasteiger partial charge in [0.15, 0.2) is 0 Å².